The van der Waals surface area contributed by atoms with Gasteiger partial charge in [0.1, 0.15) is 6.10 Å². The quantitative estimate of drug-likeness (QED) is 0.434. The molecule has 4 fully saturated rings. The van der Waals surface area contributed by atoms with Gasteiger partial charge in [0.25, 0.3) is 0 Å². The van der Waals surface area contributed by atoms with E-state index in [2.05, 4.69) is 40.4 Å². The molecule has 0 aromatic rings. The van der Waals surface area contributed by atoms with Gasteiger partial charge in [-0.3, -0.25) is 4.79 Å². The summed E-state index contributed by atoms with van der Waals surface area (Å²) in [5, 5.41) is 0.217. The lowest BCUT2D eigenvalue weighted by Gasteiger charge is -2.47. The maximum atomic E-state index is 12.9. The van der Waals surface area contributed by atoms with Crippen molar-refractivity contribution in [3.8, 4) is 0 Å². The first-order chi connectivity index (χ1) is 10.6. The molecule has 6 atom stereocenters. The van der Waals surface area contributed by atoms with E-state index in [4.69, 9.17) is 9.16 Å². The molecule has 4 heteroatoms. The Kier molecular flexibility index (Phi) is 3.20. The summed E-state index contributed by atoms with van der Waals surface area (Å²) in [5.74, 6) is 1.19. The topological polar surface area (TPSA) is 38.8 Å². The monoisotopic (exact) mass is 334 g/mol. The number of ketones is 1. The second-order valence-corrected chi connectivity index (χ2v) is 14.6. The smallest absolute Gasteiger partial charge is 0.192 e. The highest BCUT2D eigenvalue weighted by molar-refractivity contribution is 6.74. The predicted molar refractivity (Wildman–Crippen MR) is 92.8 cm³/mol. The van der Waals surface area contributed by atoms with Crippen molar-refractivity contribution in [1.29, 1.82) is 0 Å². The maximum Gasteiger partial charge on any atom is 0.192 e. The van der Waals surface area contributed by atoms with E-state index >= 15 is 0 Å². The molecule has 1 aliphatic heterocycles. The zero-order chi connectivity index (χ0) is 16.8. The Labute approximate surface area is 140 Å². The molecule has 0 aromatic heterocycles. The summed E-state index contributed by atoms with van der Waals surface area (Å²) in [7, 11) is -1.80. The van der Waals surface area contributed by atoms with Gasteiger partial charge in [-0.25, -0.2) is 0 Å². The number of hydrogen-bond donors (Lipinski definition) is 0. The van der Waals surface area contributed by atoms with Gasteiger partial charge in [-0.2, -0.15) is 0 Å². The van der Waals surface area contributed by atoms with Gasteiger partial charge in [0, 0.05) is 11.3 Å². The molecule has 0 radical (unpaired) electrons. The highest BCUT2D eigenvalue weighted by atomic mass is 28.4. The van der Waals surface area contributed by atoms with Crippen LogP contribution in [0.25, 0.3) is 0 Å². The van der Waals surface area contributed by atoms with E-state index in [-0.39, 0.29) is 28.8 Å². The van der Waals surface area contributed by atoms with Crippen molar-refractivity contribution in [3.63, 3.8) is 0 Å². The van der Waals surface area contributed by atoms with E-state index in [0.717, 1.165) is 25.7 Å². The summed E-state index contributed by atoms with van der Waals surface area (Å²) in [6.45, 7) is 15.9. The number of fused-ring (bicyclic) bond motifs is 2. The Morgan fingerprint density at radius 1 is 1.30 bits per heavy atom. The van der Waals surface area contributed by atoms with Crippen LogP contribution in [0.3, 0.4) is 0 Å². The maximum absolute atomic E-state index is 12.9. The van der Waals surface area contributed by atoms with Crippen molar-refractivity contribution >= 4 is 14.1 Å². The zero-order valence-electron chi connectivity index (χ0n) is 15.1. The molecule has 1 heterocycles. The first-order valence-corrected chi connectivity index (χ1v) is 12.0. The molecule has 128 valence electrons. The summed E-state index contributed by atoms with van der Waals surface area (Å²) in [4.78, 5) is 12.9. The minimum absolute atomic E-state index is 0.0874. The minimum Gasteiger partial charge on any atom is -0.413 e. The zero-order valence-corrected chi connectivity index (χ0v) is 16.1. The second kappa shape index (κ2) is 4.58. The largest absolute Gasteiger partial charge is 0.413 e. The van der Waals surface area contributed by atoms with Crippen molar-refractivity contribution in [3.05, 3.63) is 12.2 Å². The van der Waals surface area contributed by atoms with E-state index in [1.54, 1.807) is 0 Å². The van der Waals surface area contributed by atoms with Crippen LogP contribution in [-0.2, 0) is 14.0 Å². The number of carbonyl (C=O) groups is 1. The van der Waals surface area contributed by atoms with E-state index < -0.39 is 8.32 Å². The average molecular weight is 335 g/mol. The lowest BCUT2D eigenvalue weighted by Crippen LogP contribution is -2.52. The van der Waals surface area contributed by atoms with Crippen LogP contribution in [0.4, 0.5) is 0 Å². The number of epoxide rings is 1. The van der Waals surface area contributed by atoms with Crippen LogP contribution in [0.2, 0.25) is 18.1 Å². The van der Waals surface area contributed by atoms with Gasteiger partial charge in [0.15, 0.2) is 14.1 Å². The Balaban J connectivity index is 1.61. The van der Waals surface area contributed by atoms with E-state index in [9.17, 15) is 4.79 Å². The number of hydrogen-bond acceptors (Lipinski definition) is 3. The Morgan fingerprint density at radius 2 is 2.00 bits per heavy atom. The molecular formula is C19H30O3Si. The van der Waals surface area contributed by atoms with Crippen LogP contribution in [-0.4, -0.2) is 32.4 Å². The summed E-state index contributed by atoms with van der Waals surface area (Å²) >= 11 is 0. The highest BCUT2D eigenvalue weighted by Crippen LogP contribution is 2.64. The highest BCUT2D eigenvalue weighted by Gasteiger charge is 2.67. The third kappa shape index (κ3) is 2.17. The van der Waals surface area contributed by atoms with Crippen molar-refractivity contribution in [2.75, 3.05) is 0 Å². The first kappa shape index (κ1) is 16.0. The fourth-order valence-electron chi connectivity index (χ4n) is 5.03. The van der Waals surface area contributed by atoms with Gasteiger partial charge in [-0.05, 0) is 49.7 Å². The van der Waals surface area contributed by atoms with Crippen LogP contribution in [0, 0.1) is 17.3 Å². The number of rotatable bonds is 2. The lowest BCUT2D eigenvalue weighted by molar-refractivity contribution is -0.137. The number of Topliss-reactive ketones (excluding diaryl/α,β-unsaturated/α-hetero) is 1. The van der Waals surface area contributed by atoms with Crippen LogP contribution in [0.15, 0.2) is 12.2 Å². The molecule has 3 saturated carbocycles. The Bertz CT molecular complexity index is 576. The van der Waals surface area contributed by atoms with E-state index in [1.807, 2.05) is 0 Å². The van der Waals surface area contributed by atoms with Crippen molar-refractivity contribution in [1.82, 2.24) is 0 Å². The van der Waals surface area contributed by atoms with Gasteiger partial charge in [0.2, 0.25) is 0 Å². The van der Waals surface area contributed by atoms with Gasteiger partial charge in [0.05, 0.1) is 12.2 Å². The average Bonchev–Trinajstić information content (AvgIpc) is 3.11. The van der Waals surface area contributed by atoms with Crippen LogP contribution < -0.4 is 0 Å². The third-order valence-electron chi connectivity index (χ3n) is 7.50. The van der Waals surface area contributed by atoms with E-state index in [1.165, 1.54) is 5.57 Å². The normalized spacial score (nSPS) is 45.7. The van der Waals surface area contributed by atoms with Crippen LogP contribution in [0.1, 0.15) is 46.5 Å². The fraction of sp³-hybridized carbons (Fsp3) is 0.842. The van der Waals surface area contributed by atoms with Gasteiger partial charge >= 0.3 is 0 Å². The Morgan fingerprint density at radius 3 is 2.65 bits per heavy atom. The molecule has 3 nitrogen and oxygen atoms in total. The Hall–Kier alpha value is -0.453. The molecule has 4 rings (SSSR count). The first-order valence-electron chi connectivity index (χ1n) is 9.10. The van der Waals surface area contributed by atoms with Crippen LogP contribution in [0.5, 0.6) is 0 Å². The molecule has 1 spiro atoms. The van der Waals surface area contributed by atoms with Crippen molar-refractivity contribution in [2.24, 2.45) is 17.3 Å². The molecule has 2 bridgehead atoms. The van der Waals surface area contributed by atoms with Gasteiger partial charge < -0.3 is 9.16 Å². The molecule has 1 saturated heterocycles. The third-order valence-corrected chi connectivity index (χ3v) is 12.0. The van der Waals surface area contributed by atoms with Crippen LogP contribution >= 0.6 is 0 Å². The summed E-state index contributed by atoms with van der Waals surface area (Å²) in [6, 6.07) is 0. The summed E-state index contributed by atoms with van der Waals surface area (Å²) in [6.07, 6.45) is 4.29. The molecule has 0 N–H and O–H groups in total. The van der Waals surface area contributed by atoms with Gasteiger partial charge in [-0.15, -0.1) is 0 Å². The number of ether oxygens (including phenoxy) is 1. The SMILES string of the molecule is C=C1C[C@]23C[C@H]1[C@H](O[Si](C)(C)C(C)(C)C)C[C@H]2C[C@@H]1O[C@@H]1C3=O. The number of carbonyl (C=O) groups excluding carboxylic acids is 1. The van der Waals surface area contributed by atoms with Crippen molar-refractivity contribution < 1.29 is 14.0 Å². The van der Waals surface area contributed by atoms with E-state index in [0.29, 0.717) is 17.6 Å². The molecule has 0 unspecified atom stereocenters. The standard InChI is InChI=1S/C19H30O3Si/c1-11-9-19-10-13(11)14(22-23(5,6)18(2,3)4)7-12(19)8-15-16(21-15)17(19)20/h12-16H,1,7-10H2,2-6H3/t12-,13+,14+,15-,16-,19-/m0/s1. The van der Waals surface area contributed by atoms with Gasteiger partial charge in [-0.1, -0.05) is 32.9 Å². The minimum atomic E-state index is -1.80. The molecule has 0 aromatic carbocycles. The molecule has 3 aliphatic carbocycles. The lowest BCUT2D eigenvalue weighted by atomic mass is 9.59. The summed E-state index contributed by atoms with van der Waals surface area (Å²) in [5.41, 5.74) is 1.09. The molecular weight excluding hydrogens is 304 g/mol. The molecule has 4 aliphatic rings. The van der Waals surface area contributed by atoms with Crippen molar-refractivity contribution in [2.45, 2.75) is 82.9 Å². The molecule has 23 heavy (non-hydrogen) atoms. The molecule has 0 amide bonds. The summed E-state index contributed by atoms with van der Waals surface area (Å²) < 4.78 is 12.4. The second-order valence-electron chi connectivity index (χ2n) is 9.85. The predicted octanol–water partition coefficient (Wildman–Crippen LogP) is 4.09. The fourth-order valence-corrected chi connectivity index (χ4v) is 6.40.